The molecule has 0 aromatic carbocycles. The molecule has 0 heterocycles. The molecular weight excluding hydrogens is 190 g/mol. The van der Waals surface area contributed by atoms with Gasteiger partial charge >= 0.3 is 0 Å². The standard InChI is InChI=1S/C10H16F2O2/c1-3-9(10(12)4-5-11)7-14-6-8(2)13/h4-5,8,13H,3,6-7H2,1-2H3/b5-4+,10-9+/t8-/m1/s1. The second-order valence-electron chi connectivity index (χ2n) is 2.96. The number of allylic oxidation sites excluding steroid dienone is 2. The van der Waals surface area contributed by atoms with Crippen LogP contribution in [0.1, 0.15) is 20.3 Å². The molecule has 82 valence electrons. The van der Waals surface area contributed by atoms with Crippen LogP contribution in [0.25, 0.3) is 0 Å². The second kappa shape index (κ2) is 7.64. The minimum atomic E-state index is -0.611. The Balaban J connectivity index is 4.08. The molecule has 14 heavy (non-hydrogen) atoms. The summed E-state index contributed by atoms with van der Waals surface area (Å²) in [5, 5.41) is 8.87. The first-order valence-corrected chi connectivity index (χ1v) is 4.51. The van der Waals surface area contributed by atoms with Gasteiger partial charge in [-0.2, -0.15) is 0 Å². The molecule has 0 bridgehead atoms. The Labute approximate surface area is 82.9 Å². The molecule has 0 saturated carbocycles. The van der Waals surface area contributed by atoms with Gasteiger partial charge in [-0.3, -0.25) is 0 Å². The molecule has 0 aromatic rings. The molecule has 0 spiro atoms. The quantitative estimate of drug-likeness (QED) is 0.676. The largest absolute Gasteiger partial charge is 0.391 e. The summed E-state index contributed by atoms with van der Waals surface area (Å²) in [6.07, 6.45) is 0.785. The Hall–Kier alpha value is -0.740. The van der Waals surface area contributed by atoms with Crippen LogP contribution in [0.5, 0.6) is 0 Å². The van der Waals surface area contributed by atoms with Crippen LogP contribution in [-0.2, 0) is 4.74 Å². The van der Waals surface area contributed by atoms with Crippen LogP contribution in [0.15, 0.2) is 23.8 Å². The van der Waals surface area contributed by atoms with E-state index in [4.69, 9.17) is 9.84 Å². The van der Waals surface area contributed by atoms with E-state index in [1.54, 1.807) is 13.8 Å². The van der Waals surface area contributed by atoms with E-state index in [0.717, 1.165) is 6.08 Å². The molecule has 0 saturated heterocycles. The van der Waals surface area contributed by atoms with E-state index in [2.05, 4.69) is 0 Å². The smallest absolute Gasteiger partial charge is 0.126 e. The summed E-state index contributed by atoms with van der Waals surface area (Å²) < 4.78 is 29.7. The highest BCUT2D eigenvalue weighted by atomic mass is 19.1. The lowest BCUT2D eigenvalue weighted by Gasteiger charge is -2.08. The zero-order chi connectivity index (χ0) is 11.0. The van der Waals surface area contributed by atoms with Gasteiger partial charge in [-0.15, -0.1) is 0 Å². The Bertz CT molecular complexity index is 210. The van der Waals surface area contributed by atoms with Crippen molar-refractivity contribution < 1.29 is 18.6 Å². The van der Waals surface area contributed by atoms with E-state index >= 15 is 0 Å². The monoisotopic (exact) mass is 206 g/mol. The van der Waals surface area contributed by atoms with Gasteiger partial charge in [0, 0.05) is 6.08 Å². The molecule has 1 N–H and O–H groups in total. The molecule has 0 aromatic heterocycles. The van der Waals surface area contributed by atoms with Crippen molar-refractivity contribution in [3.05, 3.63) is 23.8 Å². The van der Waals surface area contributed by atoms with Crippen LogP contribution in [0.2, 0.25) is 0 Å². The van der Waals surface area contributed by atoms with Gasteiger partial charge in [0.1, 0.15) is 5.83 Å². The van der Waals surface area contributed by atoms with Gasteiger partial charge in [0.2, 0.25) is 0 Å². The normalized spacial score (nSPS) is 15.8. The van der Waals surface area contributed by atoms with Crippen molar-refractivity contribution in [3.63, 3.8) is 0 Å². The minimum Gasteiger partial charge on any atom is -0.391 e. The van der Waals surface area contributed by atoms with E-state index in [1.807, 2.05) is 0 Å². The third kappa shape index (κ3) is 5.83. The Morgan fingerprint density at radius 2 is 2.21 bits per heavy atom. The summed E-state index contributed by atoms with van der Waals surface area (Å²) in [5.41, 5.74) is 0.388. The van der Waals surface area contributed by atoms with Crippen molar-refractivity contribution >= 4 is 0 Å². The Morgan fingerprint density at radius 3 is 2.64 bits per heavy atom. The molecule has 0 aliphatic heterocycles. The van der Waals surface area contributed by atoms with Gasteiger partial charge in [-0.05, 0) is 18.9 Å². The molecule has 4 heteroatoms. The van der Waals surface area contributed by atoms with Gasteiger partial charge in [0.25, 0.3) is 0 Å². The lowest BCUT2D eigenvalue weighted by Crippen LogP contribution is -2.12. The summed E-state index contributed by atoms with van der Waals surface area (Å²) in [6, 6.07) is 0. The maximum absolute atomic E-state index is 13.0. The molecule has 2 nitrogen and oxygen atoms in total. The second-order valence-corrected chi connectivity index (χ2v) is 2.96. The highest BCUT2D eigenvalue weighted by Gasteiger charge is 2.03. The third-order valence-electron chi connectivity index (χ3n) is 1.61. The van der Waals surface area contributed by atoms with Gasteiger partial charge in [0.15, 0.2) is 0 Å². The number of aliphatic hydroxyl groups is 1. The molecule has 0 aliphatic carbocycles. The van der Waals surface area contributed by atoms with Crippen molar-refractivity contribution in [1.29, 1.82) is 0 Å². The van der Waals surface area contributed by atoms with E-state index in [0.29, 0.717) is 12.0 Å². The van der Waals surface area contributed by atoms with Crippen molar-refractivity contribution in [1.82, 2.24) is 0 Å². The first-order valence-electron chi connectivity index (χ1n) is 4.51. The number of ether oxygens (including phenoxy) is 1. The molecule has 0 amide bonds. The van der Waals surface area contributed by atoms with Crippen molar-refractivity contribution in [3.8, 4) is 0 Å². The lowest BCUT2D eigenvalue weighted by molar-refractivity contribution is 0.0558. The van der Waals surface area contributed by atoms with Crippen LogP contribution in [0, 0.1) is 0 Å². The summed E-state index contributed by atoms with van der Waals surface area (Å²) >= 11 is 0. The number of hydrogen-bond acceptors (Lipinski definition) is 2. The maximum atomic E-state index is 13.0. The van der Waals surface area contributed by atoms with Gasteiger partial charge in [0.05, 0.1) is 25.6 Å². The molecule has 0 fully saturated rings. The predicted octanol–water partition coefficient (Wildman–Crippen LogP) is 2.50. The molecule has 0 unspecified atom stereocenters. The number of aliphatic hydroxyl groups excluding tert-OH is 1. The van der Waals surface area contributed by atoms with Crippen LogP contribution >= 0.6 is 0 Å². The summed E-state index contributed by atoms with van der Waals surface area (Å²) in [6.45, 7) is 3.56. The third-order valence-corrected chi connectivity index (χ3v) is 1.61. The zero-order valence-corrected chi connectivity index (χ0v) is 8.46. The molecule has 0 rings (SSSR count). The minimum absolute atomic E-state index is 0.0809. The first kappa shape index (κ1) is 13.3. The average molecular weight is 206 g/mol. The molecule has 0 radical (unpaired) electrons. The fraction of sp³-hybridized carbons (Fsp3) is 0.600. The SMILES string of the molecule is CC/C(COC[C@@H](C)O)=C(F)/C=C/F. The van der Waals surface area contributed by atoms with Gasteiger partial charge in [-0.25, -0.2) is 8.78 Å². The maximum Gasteiger partial charge on any atom is 0.126 e. The predicted molar refractivity (Wildman–Crippen MR) is 51.2 cm³/mol. The van der Waals surface area contributed by atoms with Crippen LogP contribution in [0.4, 0.5) is 8.78 Å². The molecule has 0 aliphatic rings. The topological polar surface area (TPSA) is 29.5 Å². The van der Waals surface area contributed by atoms with Gasteiger partial charge in [-0.1, -0.05) is 6.92 Å². The highest BCUT2D eigenvalue weighted by molar-refractivity contribution is 5.18. The molecular formula is C10H16F2O2. The van der Waals surface area contributed by atoms with Gasteiger partial charge < -0.3 is 9.84 Å². The lowest BCUT2D eigenvalue weighted by atomic mass is 10.2. The van der Waals surface area contributed by atoms with Crippen LogP contribution in [-0.4, -0.2) is 24.4 Å². The van der Waals surface area contributed by atoms with E-state index in [-0.39, 0.29) is 19.5 Å². The van der Waals surface area contributed by atoms with E-state index in [9.17, 15) is 8.78 Å². The summed E-state index contributed by atoms with van der Waals surface area (Å²) in [7, 11) is 0. The van der Waals surface area contributed by atoms with E-state index in [1.165, 1.54) is 0 Å². The Kier molecular flexibility index (Phi) is 7.24. The molecule has 1 atom stereocenters. The van der Waals surface area contributed by atoms with Crippen LogP contribution < -0.4 is 0 Å². The average Bonchev–Trinajstić information content (AvgIpc) is 2.12. The number of halogens is 2. The van der Waals surface area contributed by atoms with Crippen molar-refractivity contribution in [2.45, 2.75) is 26.4 Å². The number of hydrogen-bond donors (Lipinski definition) is 1. The fourth-order valence-corrected chi connectivity index (χ4v) is 0.866. The van der Waals surface area contributed by atoms with Crippen molar-refractivity contribution in [2.24, 2.45) is 0 Å². The summed E-state index contributed by atoms with van der Waals surface area (Å²) in [5.74, 6) is -0.611. The first-order chi connectivity index (χ1) is 6.61. The van der Waals surface area contributed by atoms with Crippen LogP contribution in [0.3, 0.4) is 0 Å². The van der Waals surface area contributed by atoms with Crippen molar-refractivity contribution in [2.75, 3.05) is 13.2 Å². The zero-order valence-electron chi connectivity index (χ0n) is 8.46. The Morgan fingerprint density at radius 1 is 1.57 bits per heavy atom. The fourth-order valence-electron chi connectivity index (χ4n) is 0.866. The van der Waals surface area contributed by atoms with E-state index < -0.39 is 11.9 Å². The highest BCUT2D eigenvalue weighted by Crippen LogP contribution is 2.12. The number of rotatable bonds is 6. The summed E-state index contributed by atoms with van der Waals surface area (Å²) in [4.78, 5) is 0.